The van der Waals surface area contributed by atoms with Crippen molar-refractivity contribution in [2.24, 2.45) is 0 Å². The van der Waals surface area contributed by atoms with Gasteiger partial charge in [-0.3, -0.25) is 0 Å². The van der Waals surface area contributed by atoms with E-state index in [0.29, 0.717) is 5.56 Å². The van der Waals surface area contributed by atoms with Crippen molar-refractivity contribution in [1.29, 1.82) is 5.26 Å². The van der Waals surface area contributed by atoms with Crippen LogP contribution in [0.5, 0.6) is 0 Å². The number of aryl methyl sites for hydroxylation is 1. The second-order valence-electron chi connectivity index (χ2n) is 3.75. The van der Waals surface area contributed by atoms with Crippen LogP contribution < -0.4 is 5.32 Å². The Balaban J connectivity index is 2.32. The van der Waals surface area contributed by atoms with Crippen molar-refractivity contribution >= 4 is 27.3 Å². The zero-order valence-electron chi connectivity index (χ0n) is 9.37. The molecule has 0 atom stereocenters. The molecular formula is C14H11BrN2. The number of anilines is 2. The second kappa shape index (κ2) is 5.03. The van der Waals surface area contributed by atoms with Crippen molar-refractivity contribution in [3.8, 4) is 6.07 Å². The highest BCUT2D eigenvalue weighted by Crippen LogP contribution is 2.28. The van der Waals surface area contributed by atoms with Gasteiger partial charge >= 0.3 is 0 Å². The average Bonchev–Trinajstić information content (AvgIpc) is 2.35. The van der Waals surface area contributed by atoms with Gasteiger partial charge in [-0.05, 0) is 52.7 Å². The van der Waals surface area contributed by atoms with E-state index in [4.69, 9.17) is 5.26 Å². The predicted octanol–water partition coefficient (Wildman–Crippen LogP) is 4.37. The van der Waals surface area contributed by atoms with Crippen molar-refractivity contribution in [3.63, 3.8) is 0 Å². The molecule has 17 heavy (non-hydrogen) atoms. The van der Waals surface area contributed by atoms with Crippen LogP contribution in [0.2, 0.25) is 0 Å². The standard InChI is InChI=1S/C14H11BrN2/c1-10-4-2-7-13(14(10)15)17-12-6-3-5-11(8-12)9-16/h2-8,17H,1H3. The minimum atomic E-state index is 0.652. The van der Waals surface area contributed by atoms with Crippen LogP contribution in [-0.2, 0) is 0 Å². The molecule has 0 saturated heterocycles. The molecule has 0 fully saturated rings. The Bertz CT molecular complexity index is 585. The Labute approximate surface area is 109 Å². The van der Waals surface area contributed by atoms with Crippen molar-refractivity contribution in [1.82, 2.24) is 0 Å². The first-order valence-corrected chi connectivity index (χ1v) is 6.02. The highest BCUT2D eigenvalue weighted by Gasteiger charge is 2.02. The normalized spacial score (nSPS) is 9.71. The van der Waals surface area contributed by atoms with E-state index in [0.717, 1.165) is 15.8 Å². The molecule has 0 bridgehead atoms. The van der Waals surface area contributed by atoms with Crippen LogP contribution in [0.1, 0.15) is 11.1 Å². The van der Waals surface area contributed by atoms with Gasteiger partial charge in [-0.2, -0.15) is 5.26 Å². The Morgan fingerprint density at radius 1 is 1.18 bits per heavy atom. The molecule has 2 aromatic rings. The largest absolute Gasteiger partial charge is 0.355 e. The Hall–Kier alpha value is -1.79. The monoisotopic (exact) mass is 286 g/mol. The fraction of sp³-hybridized carbons (Fsp3) is 0.0714. The molecule has 0 aliphatic carbocycles. The lowest BCUT2D eigenvalue weighted by Gasteiger charge is -2.10. The van der Waals surface area contributed by atoms with Crippen LogP contribution in [-0.4, -0.2) is 0 Å². The van der Waals surface area contributed by atoms with Gasteiger partial charge in [0.15, 0.2) is 0 Å². The van der Waals surface area contributed by atoms with Crippen LogP contribution in [0.25, 0.3) is 0 Å². The van der Waals surface area contributed by atoms with Crippen LogP contribution in [0.3, 0.4) is 0 Å². The number of halogens is 1. The lowest BCUT2D eigenvalue weighted by Crippen LogP contribution is -1.92. The van der Waals surface area contributed by atoms with Crippen LogP contribution in [0.4, 0.5) is 11.4 Å². The molecule has 0 aliphatic heterocycles. The maximum atomic E-state index is 8.84. The van der Waals surface area contributed by atoms with Crippen molar-refractivity contribution in [2.45, 2.75) is 6.92 Å². The Morgan fingerprint density at radius 2 is 1.94 bits per heavy atom. The first-order chi connectivity index (χ1) is 8.20. The van der Waals surface area contributed by atoms with E-state index in [1.165, 1.54) is 5.56 Å². The van der Waals surface area contributed by atoms with Crippen LogP contribution >= 0.6 is 15.9 Å². The van der Waals surface area contributed by atoms with Gasteiger partial charge in [0.1, 0.15) is 0 Å². The smallest absolute Gasteiger partial charge is 0.0992 e. The van der Waals surface area contributed by atoms with E-state index in [1.54, 1.807) is 6.07 Å². The third-order valence-electron chi connectivity index (χ3n) is 2.46. The van der Waals surface area contributed by atoms with Gasteiger partial charge in [0.05, 0.1) is 17.3 Å². The fourth-order valence-corrected chi connectivity index (χ4v) is 1.93. The zero-order chi connectivity index (χ0) is 12.3. The summed E-state index contributed by atoms with van der Waals surface area (Å²) < 4.78 is 1.04. The summed E-state index contributed by atoms with van der Waals surface area (Å²) in [7, 11) is 0. The van der Waals surface area contributed by atoms with Gasteiger partial charge in [-0.15, -0.1) is 0 Å². The van der Waals surface area contributed by atoms with E-state index >= 15 is 0 Å². The molecule has 2 aromatic carbocycles. The molecule has 0 unspecified atom stereocenters. The summed E-state index contributed by atoms with van der Waals surface area (Å²) >= 11 is 3.55. The molecule has 0 radical (unpaired) electrons. The summed E-state index contributed by atoms with van der Waals surface area (Å²) in [6.45, 7) is 2.04. The molecule has 0 aromatic heterocycles. The predicted molar refractivity (Wildman–Crippen MR) is 73.3 cm³/mol. The molecule has 0 aliphatic rings. The average molecular weight is 287 g/mol. The summed E-state index contributed by atoms with van der Waals surface area (Å²) in [6.07, 6.45) is 0. The molecule has 1 N–H and O–H groups in total. The fourth-order valence-electron chi connectivity index (χ4n) is 1.57. The summed E-state index contributed by atoms with van der Waals surface area (Å²) in [5.74, 6) is 0. The highest BCUT2D eigenvalue weighted by molar-refractivity contribution is 9.10. The highest BCUT2D eigenvalue weighted by atomic mass is 79.9. The SMILES string of the molecule is Cc1cccc(Nc2cccc(C#N)c2)c1Br. The zero-order valence-corrected chi connectivity index (χ0v) is 11.0. The molecule has 3 heteroatoms. The molecule has 2 nitrogen and oxygen atoms in total. The minimum absolute atomic E-state index is 0.652. The number of nitriles is 1. The summed E-state index contributed by atoms with van der Waals surface area (Å²) in [6, 6.07) is 15.6. The lowest BCUT2D eigenvalue weighted by atomic mass is 10.2. The molecule has 0 heterocycles. The van der Waals surface area contributed by atoms with Gasteiger partial charge < -0.3 is 5.32 Å². The van der Waals surface area contributed by atoms with Gasteiger partial charge in [0.25, 0.3) is 0 Å². The summed E-state index contributed by atoms with van der Waals surface area (Å²) in [5, 5.41) is 12.1. The maximum absolute atomic E-state index is 8.84. The minimum Gasteiger partial charge on any atom is -0.355 e. The second-order valence-corrected chi connectivity index (χ2v) is 4.55. The van der Waals surface area contributed by atoms with Crippen molar-refractivity contribution < 1.29 is 0 Å². The molecule has 0 saturated carbocycles. The van der Waals surface area contributed by atoms with Crippen molar-refractivity contribution in [3.05, 3.63) is 58.1 Å². The summed E-state index contributed by atoms with van der Waals surface area (Å²) in [5.41, 5.74) is 3.74. The lowest BCUT2D eigenvalue weighted by molar-refractivity contribution is 1.41. The van der Waals surface area contributed by atoms with Gasteiger partial charge in [0, 0.05) is 10.2 Å². The molecule has 84 valence electrons. The van der Waals surface area contributed by atoms with E-state index < -0.39 is 0 Å². The quantitative estimate of drug-likeness (QED) is 0.890. The molecule has 0 amide bonds. The van der Waals surface area contributed by atoms with Crippen molar-refractivity contribution in [2.75, 3.05) is 5.32 Å². The third-order valence-corrected chi connectivity index (χ3v) is 3.52. The van der Waals surface area contributed by atoms with Crippen LogP contribution in [0, 0.1) is 18.3 Å². The number of hydrogen-bond acceptors (Lipinski definition) is 2. The van der Waals surface area contributed by atoms with E-state index in [9.17, 15) is 0 Å². The Morgan fingerprint density at radius 3 is 2.71 bits per heavy atom. The Kier molecular flexibility index (Phi) is 3.46. The number of nitrogens with zero attached hydrogens (tertiary/aromatic N) is 1. The first kappa shape index (κ1) is 11.7. The van der Waals surface area contributed by atoms with Gasteiger partial charge in [-0.1, -0.05) is 18.2 Å². The van der Waals surface area contributed by atoms with Gasteiger partial charge in [-0.25, -0.2) is 0 Å². The number of rotatable bonds is 2. The molecule has 0 spiro atoms. The van der Waals surface area contributed by atoms with E-state index in [1.807, 2.05) is 43.3 Å². The number of nitrogens with one attached hydrogen (secondary N) is 1. The third kappa shape index (κ3) is 2.66. The first-order valence-electron chi connectivity index (χ1n) is 5.23. The summed E-state index contributed by atoms with van der Waals surface area (Å²) in [4.78, 5) is 0. The molecular weight excluding hydrogens is 276 g/mol. The van der Waals surface area contributed by atoms with Crippen LogP contribution in [0.15, 0.2) is 46.9 Å². The van der Waals surface area contributed by atoms with E-state index in [2.05, 4.69) is 27.3 Å². The molecule has 2 rings (SSSR count). The van der Waals surface area contributed by atoms with E-state index in [-0.39, 0.29) is 0 Å². The maximum Gasteiger partial charge on any atom is 0.0992 e. The number of hydrogen-bond donors (Lipinski definition) is 1. The number of benzene rings is 2. The topological polar surface area (TPSA) is 35.8 Å². The van der Waals surface area contributed by atoms with Gasteiger partial charge in [0.2, 0.25) is 0 Å².